The Hall–Kier alpha value is -2.87. The molecule has 0 radical (unpaired) electrons. The van der Waals surface area contributed by atoms with E-state index in [0.29, 0.717) is 23.3 Å². The van der Waals surface area contributed by atoms with Crippen molar-refractivity contribution in [2.45, 2.75) is 12.5 Å². The van der Waals surface area contributed by atoms with E-state index in [1.165, 1.54) is 11.2 Å². The number of furan rings is 1. The minimum absolute atomic E-state index is 0.222. The molecule has 2 aromatic heterocycles. The number of amides is 2. The number of nitrogens with zero attached hydrogens (tertiary/aromatic N) is 3. The van der Waals surface area contributed by atoms with Gasteiger partial charge >= 0.3 is 0 Å². The molecule has 1 atom stereocenters. The Labute approximate surface area is 153 Å². The summed E-state index contributed by atoms with van der Waals surface area (Å²) < 4.78 is 10.7. The average molecular weight is 369 g/mol. The summed E-state index contributed by atoms with van der Waals surface area (Å²) in [4.78, 5) is 31.2. The van der Waals surface area contributed by atoms with Crippen LogP contribution >= 0.6 is 11.8 Å². The summed E-state index contributed by atoms with van der Waals surface area (Å²) in [5.41, 5.74) is 0.801. The van der Waals surface area contributed by atoms with E-state index in [0.717, 1.165) is 5.75 Å². The van der Waals surface area contributed by atoms with Crippen molar-refractivity contribution in [2.24, 2.45) is 0 Å². The molecule has 0 fully saturated rings. The van der Waals surface area contributed by atoms with Crippen molar-refractivity contribution in [3.63, 3.8) is 0 Å². The second-order valence-electron chi connectivity index (χ2n) is 5.76. The Bertz CT molecular complexity index is 916. The maximum Gasteiger partial charge on any atom is 0.262 e. The SMILES string of the molecule is CSCCC(c1nc(-c2ccco2)no1)N1C(=O)c2ccccc2C1=O. The summed E-state index contributed by atoms with van der Waals surface area (Å²) in [5, 5.41) is 3.92. The van der Waals surface area contributed by atoms with Crippen LogP contribution in [0.4, 0.5) is 0 Å². The maximum atomic E-state index is 12.8. The zero-order valence-corrected chi connectivity index (χ0v) is 14.7. The van der Waals surface area contributed by atoms with Gasteiger partial charge in [-0.2, -0.15) is 16.7 Å². The van der Waals surface area contributed by atoms with Gasteiger partial charge in [-0.1, -0.05) is 17.3 Å². The third-order valence-electron chi connectivity index (χ3n) is 4.20. The molecule has 0 bridgehead atoms. The molecule has 1 aliphatic rings. The van der Waals surface area contributed by atoms with Crippen LogP contribution in [0.2, 0.25) is 0 Å². The first kappa shape index (κ1) is 16.6. The molecular weight excluding hydrogens is 354 g/mol. The lowest BCUT2D eigenvalue weighted by Gasteiger charge is -2.22. The van der Waals surface area contributed by atoms with E-state index in [4.69, 9.17) is 8.94 Å². The van der Waals surface area contributed by atoms with Gasteiger partial charge in [-0.25, -0.2) is 0 Å². The largest absolute Gasteiger partial charge is 0.461 e. The predicted molar refractivity (Wildman–Crippen MR) is 94.7 cm³/mol. The van der Waals surface area contributed by atoms with Crippen molar-refractivity contribution in [3.8, 4) is 11.6 Å². The van der Waals surface area contributed by atoms with Crippen LogP contribution in [0, 0.1) is 0 Å². The zero-order chi connectivity index (χ0) is 18.1. The third-order valence-corrected chi connectivity index (χ3v) is 4.84. The van der Waals surface area contributed by atoms with Crippen molar-refractivity contribution in [2.75, 3.05) is 12.0 Å². The zero-order valence-electron chi connectivity index (χ0n) is 13.9. The molecular formula is C18H15N3O4S. The summed E-state index contributed by atoms with van der Waals surface area (Å²) in [7, 11) is 0. The number of imide groups is 1. The van der Waals surface area contributed by atoms with Gasteiger partial charge in [0.05, 0.1) is 17.4 Å². The van der Waals surface area contributed by atoms with Gasteiger partial charge in [0.1, 0.15) is 6.04 Å². The Kier molecular flexibility index (Phi) is 4.34. The second kappa shape index (κ2) is 6.80. The Morgan fingerprint density at radius 3 is 2.46 bits per heavy atom. The molecule has 3 heterocycles. The molecule has 7 nitrogen and oxygen atoms in total. The van der Waals surface area contributed by atoms with E-state index in [1.807, 2.05) is 6.26 Å². The standard InChI is InChI=1S/C18H15N3O4S/c1-26-10-8-13(16-19-15(20-25-16)14-7-4-9-24-14)21-17(22)11-5-2-3-6-12(11)18(21)23/h2-7,9,13H,8,10H2,1H3. The highest BCUT2D eigenvalue weighted by Gasteiger charge is 2.42. The van der Waals surface area contributed by atoms with Gasteiger partial charge in [0, 0.05) is 0 Å². The van der Waals surface area contributed by atoms with E-state index in [1.54, 1.807) is 48.2 Å². The van der Waals surface area contributed by atoms with E-state index in [2.05, 4.69) is 10.1 Å². The highest BCUT2D eigenvalue weighted by molar-refractivity contribution is 7.98. The number of hydrogen-bond acceptors (Lipinski definition) is 7. The topological polar surface area (TPSA) is 89.4 Å². The highest BCUT2D eigenvalue weighted by Crippen LogP contribution is 2.34. The van der Waals surface area contributed by atoms with E-state index < -0.39 is 6.04 Å². The molecule has 1 aromatic carbocycles. The smallest absolute Gasteiger partial charge is 0.262 e. The van der Waals surface area contributed by atoms with Crippen LogP contribution in [0.25, 0.3) is 11.6 Å². The van der Waals surface area contributed by atoms with Crippen LogP contribution < -0.4 is 0 Å². The lowest BCUT2D eigenvalue weighted by atomic mass is 10.1. The van der Waals surface area contributed by atoms with Gasteiger partial charge in [-0.05, 0) is 42.7 Å². The van der Waals surface area contributed by atoms with Crippen LogP contribution in [0.1, 0.15) is 39.1 Å². The number of hydrogen-bond donors (Lipinski definition) is 0. The Morgan fingerprint density at radius 1 is 1.12 bits per heavy atom. The Balaban J connectivity index is 1.70. The first-order chi connectivity index (χ1) is 12.7. The first-order valence-electron chi connectivity index (χ1n) is 8.04. The molecule has 26 heavy (non-hydrogen) atoms. The quantitative estimate of drug-likeness (QED) is 0.615. The molecule has 0 aliphatic carbocycles. The van der Waals surface area contributed by atoms with Crippen LogP contribution in [0.3, 0.4) is 0 Å². The number of carbonyl (C=O) groups excluding carboxylic acids is 2. The lowest BCUT2D eigenvalue weighted by Crippen LogP contribution is -2.34. The number of carbonyl (C=O) groups is 2. The fourth-order valence-electron chi connectivity index (χ4n) is 2.96. The van der Waals surface area contributed by atoms with Crippen LogP contribution in [0.5, 0.6) is 0 Å². The summed E-state index contributed by atoms with van der Waals surface area (Å²) in [5.74, 6) is 1.03. The van der Waals surface area contributed by atoms with Gasteiger partial charge in [0.25, 0.3) is 11.8 Å². The summed E-state index contributed by atoms with van der Waals surface area (Å²) in [6.45, 7) is 0. The molecule has 132 valence electrons. The van der Waals surface area contributed by atoms with Crippen molar-refractivity contribution >= 4 is 23.6 Å². The van der Waals surface area contributed by atoms with E-state index in [-0.39, 0.29) is 23.5 Å². The molecule has 4 rings (SSSR count). The minimum atomic E-state index is -0.619. The van der Waals surface area contributed by atoms with Gasteiger partial charge < -0.3 is 8.94 Å². The number of aromatic nitrogens is 2. The molecule has 0 saturated heterocycles. The van der Waals surface area contributed by atoms with Crippen LogP contribution in [-0.2, 0) is 0 Å². The van der Waals surface area contributed by atoms with Gasteiger partial charge in [-0.3, -0.25) is 14.5 Å². The van der Waals surface area contributed by atoms with Crippen molar-refractivity contribution in [1.29, 1.82) is 0 Å². The van der Waals surface area contributed by atoms with Crippen molar-refractivity contribution in [1.82, 2.24) is 15.0 Å². The Morgan fingerprint density at radius 2 is 1.85 bits per heavy atom. The van der Waals surface area contributed by atoms with E-state index in [9.17, 15) is 9.59 Å². The lowest BCUT2D eigenvalue weighted by molar-refractivity contribution is 0.0548. The van der Waals surface area contributed by atoms with E-state index >= 15 is 0 Å². The molecule has 3 aromatic rings. The van der Waals surface area contributed by atoms with Crippen LogP contribution in [-0.4, -0.2) is 38.9 Å². The maximum absolute atomic E-state index is 12.8. The highest BCUT2D eigenvalue weighted by atomic mass is 32.2. The summed E-state index contributed by atoms with van der Waals surface area (Å²) in [6.07, 6.45) is 3.99. The van der Waals surface area contributed by atoms with Gasteiger partial charge in [-0.15, -0.1) is 0 Å². The molecule has 0 spiro atoms. The van der Waals surface area contributed by atoms with Gasteiger partial charge in [0.15, 0.2) is 5.76 Å². The monoisotopic (exact) mass is 369 g/mol. The summed E-state index contributed by atoms with van der Waals surface area (Å²) in [6, 6.07) is 9.62. The second-order valence-corrected chi connectivity index (χ2v) is 6.74. The van der Waals surface area contributed by atoms with Crippen molar-refractivity contribution in [3.05, 3.63) is 59.7 Å². The predicted octanol–water partition coefficient (Wildman–Crippen LogP) is 3.42. The molecule has 8 heteroatoms. The number of fused-ring (bicyclic) bond motifs is 1. The fourth-order valence-corrected chi connectivity index (χ4v) is 3.42. The van der Waals surface area contributed by atoms with Crippen molar-refractivity contribution < 1.29 is 18.5 Å². The number of rotatable bonds is 6. The minimum Gasteiger partial charge on any atom is -0.461 e. The fraction of sp³-hybridized carbons (Fsp3) is 0.222. The molecule has 0 N–H and O–H groups in total. The average Bonchev–Trinajstić information content (AvgIpc) is 3.39. The van der Waals surface area contributed by atoms with Crippen LogP contribution in [0.15, 0.2) is 51.6 Å². The third kappa shape index (κ3) is 2.72. The molecule has 0 saturated carbocycles. The molecule has 1 aliphatic heterocycles. The number of thioether (sulfide) groups is 1. The number of benzene rings is 1. The normalized spacial score (nSPS) is 14.7. The molecule has 1 unspecified atom stereocenters. The first-order valence-corrected chi connectivity index (χ1v) is 9.43. The molecule has 2 amide bonds. The summed E-state index contributed by atoms with van der Waals surface area (Å²) >= 11 is 1.62. The van der Waals surface area contributed by atoms with Gasteiger partial charge in [0.2, 0.25) is 11.7 Å².